The van der Waals surface area contributed by atoms with Crippen LogP contribution in [0.4, 0.5) is 5.69 Å². The quantitative estimate of drug-likeness (QED) is 0.472. The van der Waals surface area contributed by atoms with Crippen molar-refractivity contribution in [3.8, 4) is 11.5 Å². The van der Waals surface area contributed by atoms with E-state index in [9.17, 15) is 14.9 Å². The van der Waals surface area contributed by atoms with Crippen LogP contribution in [-0.2, 0) is 0 Å². The molecule has 0 saturated heterocycles. The highest BCUT2D eigenvalue weighted by Gasteiger charge is 2.17. The summed E-state index contributed by atoms with van der Waals surface area (Å²) in [6.07, 6.45) is 0. The summed E-state index contributed by atoms with van der Waals surface area (Å²) in [5.74, 6) is -0.790. The first-order chi connectivity index (χ1) is 11.0. The normalized spacial score (nSPS) is 10.1. The van der Waals surface area contributed by atoms with Gasteiger partial charge in [-0.05, 0) is 18.2 Å². The summed E-state index contributed by atoms with van der Waals surface area (Å²) in [5.41, 5.74) is -0.598. The van der Waals surface area contributed by atoms with E-state index < -0.39 is 10.9 Å². The zero-order valence-electron chi connectivity index (χ0n) is 11.8. The largest absolute Gasteiger partial charge is 0.489 e. The number of aromatic carboxylic acids is 1. The number of non-ortho nitro benzene ring substituents is 1. The van der Waals surface area contributed by atoms with Crippen molar-refractivity contribution in [2.45, 2.75) is 0 Å². The average Bonchev–Trinajstić information content (AvgIpc) is 2.52. The molecule has 0 heterocycles. The van der Waals surface area contributed by atoms with Crippen molar-refractivity contribution in [3.05, 3.63) is 63.2 Å². The lowest BCUT2D eigenvalue weighted by atomic mass is 10.2. The zero-order valence-corrected chi connectivity index (χ0v) is 12.5. The molecule has 0 unspecified atom stereocenters. The highest BCUT2D eigenvalue weighted by atomic mass is 35.5. The van der Waals surface area contributed by atoms with E-state index in [1.54, 1.807) is 24.3 Å². The molecule has 1 N–H and O–H groups in total. The van der Waals surface area contributed by atoms with Gasteiger partial charge in [-0.3, -0.25) is 10.1 Å². The number of carboxylic acids is 1. The molecule has 0 aliphatic rings. The fourth-order valence-electron chi connectivity index (χ4n) is 1.79. The molecule has 0 amide bonds. The number of carbonyl (C=O) groups is 1. The molecule has 0 bridgehead atoms. The number of carboxylic acid groups (broad SMARTS) is 1. The van der Waals surface area contributed by atoms with E-state index in [0.29, 0.717) is 10.8 Å². The number of para-hydroxylation sites is 1. The number of nitro groups is 1. The van der Waals surface area contributed by atoms with E-state index in [0.717, 1.165) is 6.07 Å². The van der Waals surface area contributed by atoms with Crippen molar-refractivity contribution in [3.63, 3.8) is 0 Å². The number of hydrogen-bond donors (Lipinski definition) is 1. The fourth-order valence-corrected chi connectivity index (χ4v) is 1.98. The van der Waals surface area contributed by atoms with Crippen molar-refractivity contribution in [2.24, 2.45) is 0 Å². The van der Waals surface area contributed by atoms with Crippen molar-refractivity contribution in [2.75, 3.05) is 13.2 Å². The Labute approximate surface area is 136 Å². The van der Waals surface area contributed by atoms with E-state index >= 15 is 0 Å². The second-order valence-electron chi connectivity index (χ2n) is 4.37. The maximum Gasteiger partial charge on any atom is 0.339 e. The Balaban J connectivity index is 1.99. The predicted molar refractivity (Wildman–Crippen MR) is 82.5 cm³/mol. The first-order valence-corrected chi connectivity index (χ1v) is 6.88. The summed E-state index contributed by atoms with van der Waals surface area (Å²) in [5, 5.41) is 20.2. The van der Waals surface area contributed by atoms with Gasteiger partial charge in [0.2, 0.25) is 0 Å². The van der Waals surface area contributed by atoms with Gasteiger partial charge in [-0.15, -0.1) is 0 Å². The fraction of sp³-hybridized carbons (Fsp3) is 0.133. The molecule has 2 aromatic carbocycles. The molecule has 23 heavy (non-hydrogen) atoms. The highest BCUT2D eigenvalue weighted by Crippen LogP contribution is 2.25. The number of hydrogen-bond acceptors (Lipinski definition) is 5. The molecule has 2 aromatic rings. The number of ether oxygens (including phenoxy) is 2. The zero-order chi connectivity index (χ0) is 16.8. The van der Waals surface area contributed by atoms with Gasteiger partial charge < -0.3 is 14.6 Å². The molecule has 2 rings (SSSR count). The Morgan fingerprint density at radius 3 is 2.39 bits per heavy atom. The first-order valence-electron chi connectivity index (χ1n) is 6.51. The van der Waals surface area contributed by atoms with Crippen LogP contribution in [-0.4, -0.2) is 29.2 Å². The summed E-state index contributed by atoms with van der Waals surface area (Å²) < 4.78 is 10.7. The molecule has 0 saturated carbocycles. The molecule has 0 radical (unpaired) electrons. The monoisotopic (exact) mass is 337 g/mol. The summed E-state index contributed by atoms with van der Waals surface area (Å²) in [6.45, 7) is 0.198. The van der Waals surface area contributed by atoms with Crippen LogP contribution in [0.15, 0.2) is 42.5 Å². The van der Waals surface area contributed by atoms with Gasteiger partial charge in [-0.2, -0.15) is 0 Å². The predicted octanol–water partition coefficient (Wildman–Crippen LogP) is 3.40. The lowest BCUT2D eigenvalue weighted by molar-refractivity contribution is -0.384. The van der Waals surface area contributed by atoms with Gasteiger partial charge in [0, 0.05) is 12.1 Å². The average molecular weight is 338 g/mol. The third-order valence-corrected chi connectivity index (χ3v) is 3.15. The Bertz CT molecular complexity index is 734. The first kappa shape index (κ1) is 16.6. The second kappa shape index (κ2) is 7.46. The Morgan fingerprint density at radius 1 is 1.13 bits per heavy atom. The number of nitro benzene ring substituents is 1. The molecule has 8 heteroatoms. The minimum Gasteiger partial charge on any atom is -0.489 e. The van der Waals surface area contributed by atoms with Gasteiger partial charge in [-0.25, -0.2) is 4.79 Å². The molecule has 0 atom stereocenters. The van der Waals surface area contributed by atoms with Crippen molar-refractivity contribution >= 4 is 23.3 Å². The van der Waals surface area contributed by atoms with E-state index in [4.69, 9.17) is 26.2 Å². The van der Waals surface area contributed by atoms with E-state index in [2.05, 4.69) is 0 Å². The van der Waals surface area contributed by atoms with Crippen LogP contribution in [0, 0.1) is 10.1 Å². The topological polar surface area (TPSA) is 98.9 Å². The van der Waals surface area contributed by atoms with Crippen LogP contribution in [0.1, 0.15) is 10.4 Å². The smallest absolute Gasteiger partial charge is 0.339 e. The minimum absolute atomic E-state index is 0.0332. The summed E-state index contributed by atoms with van der Waals surface area (Å²) in [4.78, 5) is 21.1. The molecular weight excluding hydrogens is 326 g/mol. The van der Waals surface area contributed by atoms with Gasteiger partial charge in [0.25, 0.3) is 5.69 Å². The number of rotatable bonds is 7. The SMILES string of the molecule is O=C(O)c1cc([N+](=O)[O-])ccc1OCCOc1ccccc1Cl. The van der Waals surface area contributed by atoms with Gasteiger partial charge in [0.05, 0.1) is 9.95 Å². The van der Waals surface area contributed by atoms with E-state index in [1.165, 1.54) is 12.1 Å². The van der Waals surface area contributed by atoms with Crippen molar-refractivity contribution < 1.29 is 24.3 Å². The minimum atomic E-state index is -1.31. The van der Waals surface area contributed by atoms with E-state index in [1.807, 2.05) is 0 Å². The Morgan fingerprint density at radius 2 is 1.78 bits per heavy atom. The molecular formula is C15H12ClNO6. The van der Waals surface area contributed by atoms with Crippen LogP contribution in [0.3, 0.4) is 0 Å². The Kier molecular flexibility index (Phi) is 5.37. The van der Waals surface area contributed by atoms with Crippen LogP contribution in [0.2, 0.25) is 5.02 Å². The van der Waals surface area contributed by atoms with Crippen LogP contribution in [0.25, 0.3) is 0 Å². The van der Waals surface area contributed by atoms with Crippen LogP contribution in [0.5, 0.6) is 11.5 Å². The lowest BCUT2D eigenvalue weighted by Crippen LogP contribution is -2.11. The maximum absolute atomic E-state index is 11.1. The third-order valence-electron chi connectivity index (χ3n) is 2.84. The van der Waals surface area contributed by atoms with E-state index in [-0.39, 0.29) is 30.2 Å². The third kappa shape index (κ3) is 4.33. The van der Waals surface area contributed by atoms with Gasteiger partial charge in [-0.1, -0.05) is 23.7 Å². The molecule has 7 nitrogen and oxygen atoms in total. The highest BCUT2D eigenvalue weighted by molar-refractivity contribution is 6.32. The molecule has 0 spiro atoms. The Hall–Kier alpha value is -2.80. The van der Waals surface area contributed by atoms with Gasteiger partial charge >= 0.3 is 5.97 Å². The summed E-state index contributed by atoms with van der Waals surface area (Å²) >= 11 is 5.93. The summed E-state index contributed by atoms with van der Waals surface area (Å²) in [7, 11) is 0. The number of nitrogens with zero attached hydrogens (tertiary/aromatic N) is 1. The molecule has 0 aromatic heterocycles. The van der Waals surface area contributed by atoms with Gasteiger partial charge in [0.1, 0.15) is 30.3 Å². The van der Waals surface area contributed by atoms with Crippen molar-refractivity contribution in [1.29, 1.82) is 0 Å². The van der Waals surface area contributed by atoms with Crippen LogP contribution < -0.4 is 9.47 Å². The van der Waals surface area contributed by atoms with Crippen LogP contribution >= 0.6 is 11.6 Å². The lowest BCUT2D eigenvalue weighted by Gasteiger charge is -2.11. The summed E-state index contributed by atoms with van der Waals surface area (Å²) in [6, 6.07) is 10.3. The maximum atomic E-state index is 11.1. The molecule has 0 aliphatic carbocycles. The van der Waals surface area contributed by atoms with Crippen molar-refractivity contribution in [1.82, 2.24) is 0 Å². The molecule has 0 aliphatic heterocycles. The second-order valence-corrected chi connectivity index (χ2v) is 4.78. The number of benzene rings is 2. The number of halogens is 1. The van der Waals surface area contributed by atoms with Gasteiger partial charge in [0.15, 0.2) is 0 Å². The molecule has 120 valence electrons. The standard InChI is InChI=1S/C15H12ClNO6/c16-12-3-1-2-4-14(12)23-8-7-22-13-6-5-10(17(20)21)9-11(13)15(18)19/h1-6,9H,7-8H2,(H,18,19). The molecule has 0 fully saturated rings.